The minimum atomic E-state index is 0.0154. The molecule has 0 fully saturated rings. The number of fused-ring (bicyclic) bond motifs is 6. The van der Waals surface area contributed by atoms with Crippen molar-refractivity contribution in [2.24, 2.45) is 0 Å². The lowest BCUT2D eigenvalue weighted by Gasteiger charge is -2.46. The van der Waals surface area contributed by atoms with Crippen LogP contribution in [0.25, 0.3) is 6.08 Å². The topological polar surface area (TPSA) is 6.48 Å². The fourth-order valence-corrected chi connectivity index (χ4v) is 8.69. The number of hydrogen-bond acceptors (Lipinski definition) is 2. The van der Waals surface area contributed by atoms with Crippen molar-refractivity contribution in [1.29, 1.82) is 0 Å². The van der Waals surface area contributed by atoms with E-state index in [-0.39, 0.29) is 28.4 Å². The molecule has 2 aliphatic heterocycles. The SMILES string of the molecule is CC(C)(C)c1ccc(N2c3ccc(C(C)(C)C)cc3B3c4cc(C(C)(C)C)ccc4N(c4ccc(C(C)(C)C)cc4)c4c5c(cc2c43)CCC=C5)cc1. The van der Waals surface area contributed by atoms with E-state index in [1.807, 2.05) is 0 Å². The van der Waals surface area contributed by atoms with Crippen LogP contribution in [0.15, 0.2) is 97.1 Å². The van der Waals surface area contributed by atoms with Gasteiger partial charge in [0, 0.05) is 34.0 Å². The number of hydrogen-bond donors (Lipinski definition) is 0. The molecule has 2 heterocycles. The third kappa shape index (κ3) is 5.96. The predicted molar refractivity (Wildman–Crippen MR) is 233 cm³/mol. The van der Waals surface area contributed by atoms with Crippen molar-refractivity contribution in [2.75, 3.05) is 9.80 Å². The van der Waals surface area contributed by atoms with Gasteiger partial charge in [-0.25, -0.2) is 0 Å². The van der Waals surface area contributed by atoms with Gasteiger partial charge < -0.3 is 9.80 Å². The van der Waals surface area contributed by atoms with E-state index in [4.69, 9.17) is 0 Å². The Morgan fingerprint density at radius 1 is 0.472 bits per heavy atom. The van der Waals surface area contributed by atoms with Gasteiger partial charge in [-0.2, -0.15) is 0 Å². The summed E-state index contributed by atoms with van der Waals surface area (Å²) < 4.78 is 0. The standard InChI is InChI=1S/C50H57BN2/c1-47(2,3)33-17-23-37(24-18-33)52-42-27-21-35(49(7,8)9)30-40(42)51-41-31-36(50(10,11)12)22-28-43(41)53(38-25-19-34(20-26-38)48(4,5)6)46-39-16-14-13-15-32(39)29-44(52)45(46)51/h14,16-31H,13,15H2,1-12H3. The van der Waals surface area contributed by atoms with E-state index in [1.165, 1.54) is 83.9 Å². The molecule has 0 bridgehead atoms. The second-order valence-corrected chi connectivity index (χ2v) is 19.9. The van der Waals surface area contributed by atoms with Gasteiger partial charge in [-0.1, -0.05) is 144 Å². The first kappa shape index (κ1) is 35.5. The molecule has 2 nitrogen and oxygen atoms in total. The molecule has 1 aliphatic carbocycles. The molecular weight excluding hydrogens is 639 g/mol. The summed E-state index contributed by atoms with van der Waals surface area (Å²) >= 11 is 0. The Morgan fingerprint density at radius 3 is 1.38 bits per heavy atom. The number of allylic oxidation sites excluding steroid dienone is 1. The molecule has 0 aromatic heterocycles. The number of benzene rings is 5. The average Bonchev–Trinajstić information content (AvgIpc) is 3.09. The summed E-state index contributed by atoms with van der Waals surface area (Å²) in [5, 5.41) is 0. The third-order valence-electron chi connectivity index (χ3n) is 11.9. The maximum atomic E-state index is 2.61. The Balaban J connectivity index is 1.50. The van der Waals surface area contributed by atoms with Crippen LogP contribution in [0.3, 0.4) is 0 Å². The minimum Gasteiger partial charge on any atom is -0.311 e. The molecule has 270 valence electrons. The highest BCUT2D eigenvalue weighted by Crippen LogP contribution is 2.48. The van der Waals surface area contributed by atoms with Crippen LogP contribution in [-0.4, -0.2) is 6.71 Å². The quantitative estimate of drug-likeness (QED) is 0.166. The lowest BCUT2D eigenvalue weighted by atomic mass is 9.33. The zero-order valence-corrected chi connectivity index (χ0v) is 34.2. The van der Waals surface area contributed by atoms with Crippen LogP contribution < -0.4 is 26.2 Å². The lowest BCUT2D eigenvalue weighted by molar-refractivity contribution is 0.590. The predicted octanol–water partition coefficient (Wildman–Crippen LogP) is 11.9. The van der Waals surface area contributed by atoms with Crippen molar-refractivity contribution in [1.82, 2.24) is 0 Å². The van der Waals surface area contributed by atoms with Crippen molar-refractivity contribution in [3.8, 4) is 0 Å². The Kier molecular flexibility index (Phi) is 8.05. The van der Waals surface area contributed by atoms with Gasteiger partial charge in [-0.05, 0) is 121 Å². The molecule has 5 aromatic carbocycles. The molecule has 8 rings (SSSR count). The van der Waals surface area contributed by atoms with Crippen molar-refractivity contribution in [3.63, 3.8) is 0 Å². The molecule has 5 aromatic rings. The van der Waals surface area contributed by atoms with E-state index in [0.29, 0.717) is 0 Å². The number of anilines is 6. The van der Waals surface area contributed by atoms with Crippen LogP contribution in [-0.2, 0) is 28.1 Å². The molecule has 0 N–H and O–H groups in total. The van der Waals surface area contributed by atoms with Crippen molar-refractivity contribution >= 4 is 63.3 Å². The highest BCUT2D eigenvalue weighted by atomic mass is 15.2. The zero-order chi connectivity index (χ0) is 37.8. The smallest absolute Gasteiger partial charge is 0.252 e. The molecule has 0 saturated heterocycles. The van der Waals surface area contributed by atoms with E-state index in [2.05, 4.69) is 196 Å². The normalized spacial score (nSPS) is 15.2. The van der Waals surface area contributed by atoms with E-state index in [9.17, 15) is 0 Å². The van der Waals surface area contributed by atoms with Gasteiger partial charge in [0.2, 0.25) is 0 Å². The van der Waals surface area contributed by atoms with Gasteiger partial charge in [-0.15, -0.1) is 0 Å². The summed E-state index contributed by atoms with van der Waals surface area (Å²) in [7, 11) is 0. The third-order valence-corrected chi connectivity index (χ3v) is 11.9. The maximum Gasteiger partial charge on any atom is 0.252 e. The number of rotatable bonds is 2. The van der Waals surface area contributed by atoms with Crippen LogP contribution in [0.2, 0.25) is 0 Å². The molecule has 53 heavy (non-hydrogen) atoms. The Morgan fingerprint density at radius 2 is 0.906 bits per heavy atom. The van der Waals surface area contributed by atoms with E-state index in [0.717, 1.165) is 12.8 Å². The summed E-state index contributed by atoms with van der Waals surface area (Å²) in [5.41, 5.74) is 20.3. The summed E-state index contributed by atoms with van der Waals surface area (Å²) in [5.74, 6) is 0. The molecule has 0 atom stereocenters. The maximum absolute atomic E-state index is 2.61. The first-order valence-corrected chi connectivity index (χ1v) is 19.8. The molecule has 0 amide bonds. The molecule has 0 spiro atoms. The van der Waals surface area contributed by atoms with Crippen LogP contribution in [0.4, 0.5) is 34.1 Å². The summed E-state index contributed by atoms with van der Waals surface area (Å²) in [6.07, 6.45) is 6.90. The molecule has 0 radical (unpaired) electrons. The van der Waals surface area contributed by atoms with Crippen LogP contribution in [0.5, 0.6) is 0 Å². The number of nitrogens with zero attached hydrogens (tertiary/aromatic N) is 2. The van der Waals surface area contributed by atoms with Gasteiger partial charge in [-0.3, -0.25) is 0 Å². The van der Waals surface area contributed by atoms with E-state index < -0.39 is 0 Å². The highest BCUT2D eigenvalue weighted by Gasteiger charge is 2.45. The van der Waals surface area contributed by atoms with E-state index >= 15 is 0 Å². The summed E-state index contributed by atoms with van der Waals surface area (Å²) in [6.45, 7) is 28.0. The average molecular weight is 697 g/mol. The fourth-order valence-electron chi connectivity index (χ4n) is 8.69. The molecule has 3 aliphatic rings. The Bertz CT molecular complexity index is 2240. The van der Waals surface area contributed by atoms with Crippen molar-refractivity contribution in [3.05, 3.63) is 130 Å². The van der Waals surface area contributed by atoms with Crippen molar-refractivity contribution in [2.45, 2.75) is 118 Å². The zero-order valence-electron chi connectivity index (χ0n) is 34.2. The highest BCUT2D eigenvalue weighted by molar-refractivity contribution is 7.00. The Labute approximate surface area is 320 Å². The van der Waals surface area contributed by atoms with Crippen LogP contribution >= 0.6 is 0 Å². The monoisotopic (exact) mass is 696 g/mol. The molecular formula is C50H57BN2. The summed E-state index contributed by atoms with van der Waals surface area (Å²) in [4.78, 5) is 5.19. The summed E-state index contributed by atoms with van der Waals surface area (Å²) in [6, 6.07) is 36.0. The number of aryl methyl sites for hydroxylation is 1. The van der Waals surface area contributed by atoms with Gasteiger partial charge in [0.25, 0.3) is 6.71 Å². The van der Waals surface area contributed by atoms with Gasteiger partial charge in [0.15, 0.2) is 0 Å². The second-order valence-electron chi connectivity index (χ2n) is 19.9. The van der Waals surface area contributed by atoms with Crippen LogP contribution in [0, 0.1) is 0 Å². The van der Waals surface area contributed by atoms with Crippen molar-refractivity contribution < 1.29 is 0 Å². The Hall–Kier alpha value is -4.50. The molecule has 0 unspecified atom stereocenters. The first-order chi connectivity index (χ1) is 24.8. The minimum absolute atomic E-state index is 0.0154. The second kappa shape index (κ2) is 12.0. The van der Waals surface area contributed by atoms with Gasteiger partial charge >= 0.3 is 0 Å². The molecule has 0 saturated carbocycles. The largest absolute Gasteiger partial charge is 0.311 e. The van der Waals surface area contributed by atoms with Gasteiger partial charge in [0.05, 0.1) is 5.69 Å². The molecule has 3 heteroatoms. The van der Waals surface area contributed by atoms with E-state index in [1.54, 1.807) is 0 Å². The van der Waals surface area contributed by atoms with Crippen LogP contribution in [0.1, 0.15) is 123 Å². The lowest BCUT2D eigenvalue weighted by Crippen LogP contribution is -2.62. The first-order valence-electron chi connectivity index (χ1n) is 19.8. The fraction of sp³-hybridized carbons (Fsp3) is 0.360. The van der Waals surface area contributed by atoms with Gasteiger partial charge in [0.1, 0.15) is 0 Å².